The van der Waals surface area contributed by atoms with Crippen LogP contribution in [0.15, 0.2) is 12.4 Å². The van der Waals surface area contributed by atoms with E-state index in [0.717, 1.165) is 5.56 Å². The molecule has 0 aromatic carbocycles. The summed E-state index contributed by atoms with van der Waals surface area (Å²) < 4.78 is 1.61. The number of fused-ring (bicyclic) bond motifs is 1. The maximum absolute atomic E-state index is 11.3. The Kier molecular flexibility index (Phi) is 2.44. The van der Waals surface area contributed by atoms with E-state index in [2.05, 4.69) is 4.98 Å². The zero-order valence-corrected chi connectivity index (χ0v) is 9.73. The molecule has 0 bridgehead atoms. The highest BCUT2D eigenvalue weighted by atomic mass is 35.5. The molecule has 2 aromatic heterocycles. The van der Waals surface area contributed by atoms with Crippen molar-refractivity contribution in [3.8, 4) is 0 Å². The molecule has 2 heterocycles. The summed E-state index contributed by atoms with van der Waals surface area (Å²) in [5.74, 6) is -0.0708. The van der Waals surface area contributed by atoms with Gasteiger partial charge in [-0.2, -0.15) is 0 Å². The molecule has 0 N–H and O–H groups in total. The molecule has 15 heavy (non-hydrogen) atoms. The van der Waals surface area contributed by atoms with Gasteiger partial charge in [0.2, 0.25) is 0 Å². The third-order valence-corrected chi connectivity index (χ3v) is 3.12. The average Bonchev–Trinajstić information content (AvgIpc) is 2.58. The predicted octanol–water partition coefficient (Wildman–Crippen LogP) is 3.15. The molecule has 0 atom stereocenters. The number of rotatable bonds is 1. The number of hydrogen-bond acceptors (Lipinski definition) is 2. The molecule has 0 amide bonds. The molecular weight excluding hydrogens is 235 g/mol. The Labute approximate surface area is 96.6 Å². The van der Waals surface area contributed by atoms with E-state index >= 15 is 0 Å². The molecule has 0 spiro atoms. The van der Waals surface area contributed by atoms with Crippen LogP contribution in [0.4, 0.5) is 0 Å². The quantitative estimate of drug-likeness (QED) is 0.721. The molecule has 2 aromatic rings. The molecule has 0 radical (unpaired) electrons. The van der Waals surface area contributed by atoms with Gasteiger partial charge < -0.3 is 0 Å². The van der Waals surface area contributed by atoms with Crippen molar-refractivity contribution in [3.05, 3.63) is 33.7 Å². The molecule has 2 rings (SSSR count). The van der Waals surface area contributed by atoms with Crippen LogP contribution in [0.25, 0.3) is 5.65 Å². The summed E-state index contributed by atoms with van der Waals surface area (Å²) in [5, 5.41) is 1.00. The molecule has 3 nitrogen and oxygen atoms in total. The predicted molar refractivity (Wildman–Crippen MR) is 60.0 cm³/mol. The van der Waals surface area contributed by atoms with E-state index in [4.69, 9.17) is 23.2 Å². The van der Waals surface area contributed by atoms with Gasteiger partial charge in [-0.15, -0.1) is 0 Å². The van der Waals surface area contributed by atoms with E-state index in [9.17, 15) is 4.79 Å². The molecule has 0 aliphatic heterocycles. The van der Waals surface area contributed by atoms with Gasteiger partial charge in [-0.25, -0.2) is 4.98 Å². The van der Waals surface area contributed by atoms with Crippen LogP contribution < -0.4 is 0 Å². The van der Waals surface area contributed by atoms with Crippen LogP contribution in [0.2, 0.25) is 10.0 Å². The number of aromatic nitrogens is 2. The fourth-order valence-electron chi connectivity index (χ4n) is 1.40. The summed E-state index contributed by atoms with van der Waals surface area (Å²) in [4.78, 5) is 15.4. The largest absolute Gasteiger partial charge is 0.294 e. The van der Waals surface area contributed by atoms with Crippen molar-refractivity contribution in [1.29, 1.82) is 0 Å². The van der Waals surface area contributed by atoms with Gasteiger partial charge in [0.15, 0.2) is 11.4 Å². The van der Waals surface area contributed by atoms with Crippen molar-refractivity contribution < 1.29 is 4.79 Å². The van der Waals surface area contributed by atoms with Crippen molar-refractivity contribution in [2.24, 2.45) is 0 Å². The zero-order chi connectivity index (χ0) is 11.2. The summed E-state index contributed by atoms with van der Waals surface area (Å²) in [6.45, 7) is 3.29. The van der Waals surface area contributed by atoms with Crippen molar-refractivity contribution in [2.75, 3.05) is 0 Å². The smallest absolute Gasteiger partial charge is 0.178 e. The molecule has 5 heteroatoms. The molecule has 0 saturated carbocycles. The Morgan fingerprint density at radius 2 is 2.13 bits per heavy atom. The number of nitrogens with zero attached hydrogens (tertiary/aromatic N) is 2. The van der Waals surface area contributed by atoms with Gasteiger partial charge >= 0.3 is 0 Å². The van der Waals surface area contributed by atoms with E-state index in [-0.39, 0.29) is 5.78 Å². The second-order valence-electron chi connectivity index (χ2n) is 3.31. The first kappa shape index (κ1) is 10.5. The Morgan fingerprint density at radius 3 is 2.73 bits per heavy atom. The minimum Gasteiger partial charge on any atom is -0.294 e. The monoisotopic (exact) mass is 242 g/mol. The highest BCUT2D eigenvalue weighted by Crippen LogP contribution is 2.27. The second kappa shape index (κ2) is 3.51. The Balaban J connectivity index is 2.89. The minimum absolute atomic E-state index is 0.0708. The van der Waals surface area contributed by atoms with Gasteiger partial charge in [-0.1, -0.05) is 23.2 Å². The lowest BCUT2D eigenvalue weighted by Crippen LogP contribution is -1.99. The Morgan fingerprint density at radius 1 is 1.47 bits per heavy atom. The first-order valence-corrected chi connectivity index (χ1v) is 5.10. The minimum atomic E-state index is -0.0708. The van der Waals surface area contributed by atoms with Crippen LogP contribution in [-0.2, 0) is 0 Å². The fraction of sp³-hybridized carbons (Fsp3) is 0.200. The summed E-state index contributed by atoms with van der Waals surface area (Å²) in [5.41, 5.74) is 1.81. The van der Waals surface area contributed by atoms with Gasteiger partial charge in [0.05, 0.1) is 16.2 Å². The molecule has 0 saturated heterocycles. The number of carbonyl (C=O) groups is 1. The summed E-state index contributed by atoms with van der Waals surface area (Å²) >= 11 is 12.1. The van der Waals surface area contributed by atoms with Gasteiger partial charge in [0.1, 0.15) is 5.69 Å². The van der Waals surface area contributed by atoms with Gasteiger partial charge in [-0.3, -0.25) is 9.20 Å². The zero-order valence-electron chi connectivity index (χ0n) is 8.21. The lowest BCUT2D eigenvalue weighted by atomic mass is 10.3. The average molecular weight is 243 g/mol. The molecular formula is C10H8Cl2N2O. The third-order valence-electron chi connectivity index (χ3n) is 2.28. The number of Topliss-reactive ketones (excluding diaryl/α,β-unsaturated/α-hetero) is 1. The highest BCUT2D eigenvalue weighted by molar-refractivity contribution is 6.37. The van der Waals surface area contributed by atoms with Crippen molar-refractivity contribution in [1.82, 2.24) is 9.38 Å². The lowest BCUT2D eigenvalue weighted by molar-refractivity contribution is 0.101. The summed E-state index contributed by atoms with van der Waals surface area (Å²) in [6.07, 6.45) is 3.15. The van der Waals surface area contributed by atoms with Crippen LogP contribution in [0.1, 0.15) is 23.0 Å². The van der Waals surface area contributed by atoms with E-state index in [1.54, 1.807) is 10.6 Å². The van der Waals surface area contributed by atoms with Crippen molar-refractivity contribution in [2.45, 2.75) is 13.8 Å². The molecule has 0 fully saturated rings. The van der Waals surface area contributed by atoms with E-state index in [0.29, 0.717) is 21.4 Å². The van der Waals surface area contributed by atoms with Gasteiger partial charge in [0.25, 0.3) is 0 Å². The van der Waals surface area contributed by atoms with Crippen LogP contribution in [-0.4, -0.2) is 15.2 Å². The highest BCUT2D eigenvalue weighted by Gasteiger charge is 2.13. The van der Waals surface area contributed by atoms with E-state index in [1.807, 2.05) is 6.92 Å². The molecule has 0 unspecified atom stereocenters. The van der Waals surface area contributed by atoms with Crippen LogP contribution in [0, 0.1) is 6.92 Å². The standard InChI is InChI=1S/C10H8Cl2N2O/c1-5-7(11)4-14-8(6(2)15)3-13-10(14)9(5)12/h3-4H,1-2H3. The second-order valence-corrected chi connectivity index (χ2v) is 4.09. The maximum Gasteiger partial charge on any atom is 0.178 e. The van der Waals surface area contributed by atoms with Crippen LogP contribution in [0.5, 0.6) is 0 Å². The summed E-state index contributed by atoms with van der Waals surface area (Å²) in [6, 6.07) is 0. The van der Waals surface area contributed by atoms with Gasteiger partial charge in [0, 0.05) is 13.1 Å². The fourth-order valence-corrected chi connectivity index (χ4v) is 1.88. The topological polar surface area (TPSA) is 34.4 Å². The van der Waals surface area contributed by atoms with Crippen LogP contribution >= 0.6 is 23.2 Å². The van der Waals surface area contributed by atoms with Crippen molar-refractivity contribution >= 4 is 34.6 Å². The summed E-state index contributed by atoms with van der Waals surface area (Å²) in [7, 11) is 0. The van der Waals surface area contributed by atoms with Crippen LogP contribution in [0.3, 0.4) is 0 Å². The number of ketones is 1. The number of carbonyl (C=O) groups excluding carboxylic acids is 1. The van der Waals surface area contributed by atoms with Crippen molar-refractivity contribution in [3.63, 3.8) is 0 Å². The van der Waals surface area contributed by atoms with E-state index < -0.39 is 0 Å². The molecule has 0 aliphatic carbocycles. The SMILES string of the molecule is CC(=O)c1cnc2c(Cl)c(C)c(Cl)cn12. The van der Waals surface area contributed by atoms with E-state index in [1.165, 1.54) is 13.1 Å². The first-order chi connectivity index (χ1) is 7.02. The Hall–Kier alpha value is -1.06. The Bertz CT molecular complexity index is 560. The maximum atomic E-state index is 11.3. The number of imidazole rings is 1. The number of pyridine rings is 1. The lowest BCUT2D eigenvalue weighted by Gasteiger charge is -2.04. The normalized spacial score (nSPS) is 10.9. The first-order valence-electron chi connectivity index (χ1n) is 4.35. The number of halogens is 2. The third kappa shape index (κ3) is 1.52. The van der Waals surface area contributed by atoms with Gasteiger partial charge in [-0.05, 0) is 12.5 Å². The molecule has 78 valence electrons. The number of hydrogen-bond donors (Lipinski definition) is 0. The molecule has 0 aliphatic rings.